The summed E-state index contributed by atoms with van der Waals surface area (Å²) < 4.78 is 8.19. The van der Waals surface area contributed by atoms with Gasteiger partial charge in [0.25, 0.3) is 0 Å². The molecule has 19 heavy (non-hydrogen) atoms. The van der Waals surface area contributed by atoms with E-state index in [-0.39, 0.29) is 16.6 Å². The number of aromatic hydroxyl groups is 1. The van der Waals surface area contributed by atoms with Gasteiger partial charge in [0.2, 0.25) is 0 Å². The van der Waals surface area contributed by atoms with Crippen LogP contribution in [0, 0.1) is 0 Å². The molecule has 0 saturated carbocycles. The van der Waals surface area contributed by atoms with E-state index in [1.807, 2.05) is 6.07 Å². The SMILES string of the molecule is C=Nc1cc(C(C)(C)C)cc(C(C)(C)C)c1O.[O]=[V]. The zero-order valence-corrected chi connectivity index (χ0v) is 14.0. The second kappa shape index (κ2) is 6.49. The number of aliphatic imine (C=N–C) groups is 1. The zero-order chi connectivity index (χ0) is 15.4. The fraction of sp³-hybridized carbons (Fsp3) is 0.533. The van der Waals surface area contributed by atoms with Crippen molar-refractivity contribution in [3.8, 4) is 5.75 Å². The van der Waals surface area contributed by atoms with E-state index < -0.39 is 0 Å². The summed E-state index contributed by atoms with van der Waals surface area (Å²) in [6.07, 6.45) is 0. The molecule has 1 N–H and O–H groups in total. The average molecular weight is 300 g/mol. The average Bonchev–Trinajstić information content (AvgIpc) is 2.29. The van der Waals surface area contributed by atoms with Gasteiger partial charge in [-0.2, -0.15) is 0 Å². The molecule has 1 aromatic rings. The number of hydrogen-bond donors (Lipinski definition) is 1. The van der Waals surface area contributed by atoms with Crippen LogP contribution in [-0.2, 0) is 31.9 Å². The quantitative estimate of drug-likeness (QED) is 0.790. The van der Waals surface area contributed by atoms with Crippen molar-refractivity contribution in [3.05, 3.63) is 23.3 Å². The monoisotopic (exact) mass is 300 g/mol. The number of phenols is 1. The number of phenolic OH excluding ortho intramolecular Hbond substituents is 1. The van der Waals surface area contributed by atoms with E-state index >= 15 is 0 Å². The van der Waals surface area contributed by atoms with Gasteiger partial charge in [-0.3, -0.25) is 4.99 Å². The van der Waals surface area contributed by atoms with Crippen LogP contribution < -0.4 is 0 Å². The van der Waals surface area contributed by atoms with Gasteiger partial charge in [0, 0.05) is 5.56 Å². The molecule has 0 atom stereocenters. The molecule has 0 bridgehead atoms. The van der Waals surface area contributed by atoms with E-state index in [0.717, 1.165) is 22.9 Å². The molecular weight excluding hydrogens is 277 g/mol. The Morgan fingerprint density at radius 3 is 1.84 bits per heavy atom. The molecule has 1 rings (SSSR count). The zero-order valence-electron chi connectivity index (χ0n) is 12.6. The van der Waals surface area contributed by atoms with Gasteiger partial charge in [-0.1, -0.05) is 47.6 Å². The second-order valence-electron chi connectivity index (χ2n) is 6.55. The first kappa shape index (κ1) is 18.1. The summed E-state index contributed by atoms with van der Waals surface area (Å²) in [7, 11) is 0. The third-order valence-corrected chi connectivity index (χ3v) is 2.93. The molecule has 0 aromatic heterocycles. The van der Waals surface area contributed by atoms with Gasteiger partial charge in [0.05, 0.1) is 0 Å². The second-order valence-corrected chi connectivity index (χ2v) is 6.55. The molecule has 0 spiro atoms. The Kier molecular flexibility index (Phi) is 6.17. The van der Waals surface area contributed by atoms with Crippen molar-refractivity contribution in [2.75, 3.05) is 0 Å². The first-order chi connectivity index (χ1) is 8.57. The van der Waals surface area contributed by atoms with Crippen molar-refractivity contribution in [3.63, 3.8) is 0 Å². The first-order valence-electron chi connectivity index (χ1n) is 6.10. The normalized spacial score (nSPS) is 11.4. The molecule has 0 heterocycles. The van der Waals surface area contributed by atoms with Crippen molar-refractivity contribution >= 4 is 12.4 Å². The molecule has 0 saturated heterocycles. The van der Waals surface area contributed by atoms with Crippen molar-refractivity contribution in [1.29, 1.82) is 0 Å². The molecule has 4 heteroatoms. The van der Waals surface area contributed by atoms with Crippen molar-refractivity contribution in [1.82, 2.24) is 0 Å². The summed E-state index contributed by atoms with van der Waals surface area (Å²) >= 11 is 1.06. The fourth-order valence-electron chi connectivity index (χ4n) is 1.74. The van der Waals surface area contributed by atoms with Crippen LogP contribution in [-0.4, -0.2) is 11.8 Å². The van der Waals surface area contributed by atoms with Gasteiger partial charge in [-0.25, -0.2) is 0 Å². The van der Waals surface area contributed by atoms with Crippen LogP contribution in [0.15, 0.2) is 17.1 Å². The third-order valence-electron chi connectivity index (χ3n) is 2.93. The van der Waals surface area contributed by atoms with E-state index in [0.29, 0.717) is 5.69 Å². The predicted octanol–water partition coefficient (Wildman–Crippen LogP) is 4.20. The minimum atomic E-state index is -0.106. The summed E-state index contributed by atoms with van der Waals surface area (Å²) in [5.41, 5.74) is 2.59. The van der Waals surface area contributed by atoms with Gasteiger partial charge in [-0.05, 0) is 29.2 Å². The van der Waals surface area contributed by atoms with Crippen LogP contribution in [0.3, 0.4) is 0 Å². The van der Waals surface area contributed by atoms with Crippen LogP contribution in [0.5, 0.6) is 5.75 Å². The maximum atomic E-state index is 10.2. The molecule has 0 aliphatic heterocycles. The molecule has 0 aliphatic rings. The summed E-state index contributed by atoms with van der Waals surface area (Å²) in [5, 5.41) is 10.2. The van der Waals surface area contributed by atoms with E-state index in [4.69, 9.17) is 3.67 Å². The van der Waals surface area contributed by atoms with E-state index in [1.165, 1.54) is 5.56 Å². The van der Waals surface area contributed by atoms with Gasteiger partial charge in [0.1, 0.15) is 11.4 Å². The maximum absolute atomic E-state index is 10.2. The minimum absolute atomic E-state index is 0.0349. The van der Waals surface area contributed by atoms with Crippen LogP contribution in [0.1, 0.15) is 52.7 Å². The Labute approximate surface area is 125 Å². The van der Waals surface area contributed by atoms with Gasteiger partial charge < -0.3 is 5.11 Å². The number of hydrogen-bond acceptors (Lipinski definition) is 3. The van der Waals surface area contributed by atoms with Crippen LogP contribution in [0.2, 0.25) is 0 Å². The molecular formula is C15H23NO2V. The fourth-order valence-corrected chi connectivity index (χ4v) is 1.74. The van der Waals surface area contributed by atoms with Gasteiger partial charge in [0.15, 0.2) is 0 Å². The summed E-state index contributed by atoms with van der Waals surface area (Å²) in [6, 6.07) is 3.99. The van der Waals surface area contributed by atoms with E-state index in [9.17, 15) is 5.11 Å². The van der Waals surface area contributed by atoms with Gasteiger partial charge >= 0.3 is 21.0 Å². The number of nitrogens with zero attached hydrogens (tertiary/aromatic N) is 1. The third kappa shape index (κ3) is 4.59. The Balaban J connectivity index is 0.00000154. The van der Waals surface area contributed by atoms with E-state index in [2.05, 4.69) is 59.3 Å². The van der Waals surface area contributed by atoms with E-state index in [1.54, 1.807) is 0 Å². The standard InChI is InChI=1S/C15H23NO.O.V/c1-14(2,3)10-8-11(15(4,5)6)13(17)12(9-10)16-7;;/h8-9,17H,7H2,1-6H3;;. The predicted molar refractivity (Wildman–Crippen MR) is 75.4 cm³/mol. The molecule has 105 valence electrons. The molecule has 0 radical (unpaired) electrons. The van der Waals surface area contributed by atoms with Gasteiger partial charge in [-0.15, -0.1) is 0 Å². The number of benzene rings is 1. The molecule has 0 unspecified atom stereocenters. The number of rotatable bonds is 1. The molecule has 1 aromatic carbocycles. The summed E-state index contributed by atoms with van der Waals surface area (Å²) in [5.74, 6) is 0.250. The van der Waals surface area contributed by atoms with Crippen molar-refractivity contribution < 1.29 is 26.1 Å². The molecule has 0 amide bonds. The van der Waals surface area contributed by atoms with Crippen molar-refractivity contribution in [2.24, 2.45) is 4.99 Å². The summed E-state index contributed by atoms with van der Waals surface area (Å²) in [6.45, 7) is 16.2. The topological polar surface area (TPSA) is 49.7 Å². The van der Waals surface area contributed by atoms with Crippen molar-refractivity contribution in [2.45, 2.75) is 52.4 Å². The van der Waals surface area contributed by atoms with Crippen LogP contribution in [0.4, 0.5) is 5.69 Å². The summed E-state index contributed by atoms with van der Waals surface area (Å²) in [4.78, 5) is 3.92. The molecule has 0 aliphatic carbocycles. The first-order valence-corrected chi connectivity index (χ1v) is 6.67. The Morgan fingerprint density at radius 2 is 1.53 bits per heavy atom. The Hall–Kier alpha value is -0.926. The van der Waals surface area contributed by atoms with Crippen LogP contribution >= 0.6 is 0 Å². The molecule has 3 nitrogen and oxygen atoms in total. The Bertz CT molecular complexity index is 456. The molecule has 0 fully saturated rings. The van der Waals surface area contributed by atoms with Crippen LogP contribution in [0.25, 0.3) is 0 Å². The Morgan fingerprint density at radius 1 is 1.05 bits per heavy atom.